The van der Waals surface area contributed by atoms with E-state index in [0.717, 1.165) is 10.0 Å². The van der Waals surface area contributed by atoms with Crippen molar-refractivity contribution in [3.8, 4) is 0 Å². The van der Waals surface area contributed by atoms with E-state index in [2.05, 4.69) is 15.9 Å². The van der Waals surface area contributed by atoms with E-state index < -0.39 is 18.0 Å². The SMILES string of the molecule is O=C1O[C@@H](COC(=O)c2ccc(Cl)cc2)C=C1c1ccc(Br)cc1. The van der Waals surface area contributed by atoms with E-state index in [9.17, 15) is 9.59 Å². The summed E-state index contributed by atoms with van der Waals surface area (Å²) in [5.74, 6) is -0.918. The average Bonchev–Trinajstić information content (AvgIpc) is 2.95. The molecule has 6 heteroatoms. The van der Waals surface area contributed by atoms with Gasteiger partial charge in [0.05, 0.1) is 11.1 Å². The molecule has 24 heavy (non-hydrogen) atoms. The van der Waals surface area contributed by atoms with Gasteiger partial charge in [-0.2, -0.15) is 0 Å². The van der Waals surface area contributed by atoms with Crippen molar-refractivity contribution in [2.75, 3.05) is 6.61 Å². The van der Waals surface area contributed by atoms with Gasteiger partial charge in [0.15, 0.2) is 6.10 Å². The summed E-state index contributed by atoms with van der Waals surface area (Å²) < 4.78 is 11.3. The molecule has 1 heterocycles. The Hall–Kier alpha value is -2.11. The zero-order valence-electron chi connectivity index (χ0n) is 12.4. The summed E-state index contributed by atoms with van der Waals surface area (Å²) >= 11 is 9.12. The number of rotatable bonds is 4. The number of cyclic esters (lactones) is 1. The van der Waals surface area contributed by atoms with E-state index in [1.807, 2.05) is 24.3 Å². The van der Waals surface area contributed by atoms with Crippen LogP contribution in [0.4, 0.5) is 0 Å². The molecule has 4 nitrogen and oxygen atoms in total. The number of carbonyl (C=O) groups is 2. The van der Waals surface area contributed by atoms with E-state index in [1.54, 1.807) is 30.3 Å². The van der Waals surface area contributed by atoms with Crippen molar-refractivity contribution in [3.05, 3.63) is 75.2 Å². The minimum Gasteiger partial charge on any atom is -0.458 e. The lowest BCUT2D eigenvalue weighted by molar-refractivity contribution is -0.139. The quantitative estimate of drug-likeness (QED) is 0.710. The van der Waals surface area contributed by atoms with Gasteiger partial charge in [-0.1, -0.05) is 39.7 Å². The Morgan fingerprint density at radius 3 is 2.46 bits per heavy atom. The standard InChI is InChI=1S/C18H12BrClO4/c19-13-5-1-11(2-6-13)16-9-15(24-18(16)22)10-23-17(21)12-3-7-14(20)8-4-12/h1-9,15H,10H2/t15-/m1/s1. The highest BCUT2D eigenvalue weighted by atomic mass is 79.9. The fourth-order valence-electron chi connectivity index (χ4n) is 2.24. The van der Waals surface area contributed by atoms with Gasteiger partial charge in [0.1, 0.15) is 6.61 Å². The Morgan fingerprint density at radius 1 is 1.12 bits per heavy atom. The Kier molecular flexibility index (Phi) is 5.02. The molecule has 0 radical (unpaired) electrons. The predicted octanol–water partition coefficient (Wildman–Crippen LogP) is 4.27. The van der Waals surface area contributed by atoms with Crippen LogP contribution in [0.15, 0.2) is 59.1 Å². The van der Waals surface area contributed by atoms with Crippen LogP contribution < -0.4 is 0 Å². The maximum atomic E-state index is 12.0. The third kappa shape index (κ3) is 3.86. The number of ether oxygens (including phenoxy) is 2. The van der Waals surface area contributed by atoms with Crippen molar-refractivity contribution in [1.82, 2.24) is 0 Å². The van der Waals surface area contributed by atoms with Crippen LogP contribution in [-0.4, -0.2) is 24.6 Å². The van der Waals surface area contributed by atoms with Crippen LogP contribution in [0.5, 0.6) is 0 Å². The second-order valence-corrected chi connectivity index (χ2v) is 6.49. The van der Waals surface area contributed by atoms with Gasteiger partial charge in [-0.3, -0.25) is 0 Å². The summed E-state index contributed by atoms with van der Waals surface area (Å²) in [4.78, 5) is 23.9. The highest BCUT2D eigenvalue weighted by molar-refractivity contribution is 9.10. The minimum absolute atomic E-state index is 0.0345. The molecule has 2 aromatic rings. The number of hydrogen-bond acceptors (Lipinski definition) is 4. The minimum atomic E-state index is -0.590. The second-order valence-electron chi connectivity index (χ2n) is 5.14. The zero-order chi connectivity index (χ0) is 17.1. The molecule has 3 rings (SSSR count). The van der Waals surface area contributed by atoms with E-state index in [0.29, 0.717) is 16.2 Å². The lowest BCUT2D eigenvalue weighted by Crippen LogP contribution is -2.18. The lowest BCUT2D eigenvalue weighted by Gasteiger charge is -2.09. The normalized spacial score (nSPS) is 16.5. The molecule has 2 aromatic carbocycles. The molecule has 0 N–H and O–H groups in total. The molecule has 0 saturated heterocycles. The van der Waals surface area contributed by atoms with Crippen LogP contribution in [0.3, 0.4) is 0 Å². The predicted molar refractivity (Wildman–Crippen MR) is 93.7 cm³/mol. The van der Waals surface area contributed by atoms with Crippen LogP contribution in [0.1, 0.15) is 15.9 Å². The summed E-state index contributed by atoms with van der Waals surface area (Å²) in [6.07, 6.45) is 1.08. The molecule has 0 amide bonds. The Balaban J connectivity index is 1.64. The van der Waals surface area contributed by atoms with Crippen molar-refractivity contribution in [1.29, 1.82) is 0 Å². The van der Waals surface area contributed by atoms with Crippen LogP contribution >= 0.6 is 27.5 Å². The third-order valence-corrected chi connectivity index (χ3v) is 4.23. The number of benzene rings is 2. The van der Waals surface area contributed by atoms with Crippen molar-refractivity contribution in [2.24, 2.45) is 0 Å². The number of carbonyl (C=O) groups excluding carboxylic acids is 2. The first-order valence-corrected chi connectivity index (χ1v) is 8.31. The average molecular weight is 408 g/mol. The van der Waals surface area contributed by atoms with Gasteiger partial charge >= 0.3 is 11.9 Å². The molecular weight excluding hydrogens is 396 g/mol. The highest BCUT2D eigenvalue weighted by Gasteiger charge is 2.27. The van der Waals surface area contributed by atoms with Gasteiger partial charge in [-0.25, -0.2) is 9.59 Å². The first kappa shape index (κ1) is 16.7. The van der Waals surface area contributed by atoms with Crippen LogP contribution in [0.2, 0.25) is 5.02 Å². The fourth-order valence-corrected chi connectivity index (χ4v) is 2.63. The number of hydrogen-bond donors (Lipinski definition) is 0. The van der Waals surface area contributed by atoms with Crippen molar-refractivity contribution in [2.45, 2.75) is 6.10 Å². The summed E-state index contributed by atoms with van der Waals surface area (Å²) in [6.45, 7) is -0.0345. The largest absolute Gasteiger partial charge is 0.458 e. The smallest absolute Gasteiger partial charge is 0.339 e. The molecule has 1 aliphatic heterocycles. The van der Waals surface area contributed by atoms with Crippen molar-refractivity contribution >= 4 is 45.0 Å². The van der Waals surface area contributed by atoms with E-state index in [1.165, 1.54) is 0 Å². The molecule has 1 aliphatic rings. The number of halogens is 2. The Morgan fingerprint density at radius 2 is 1.79 bits per heavy atom. The van der Waals surface area contributed by atoms with Crippen LogP contribution in [-0.2, 0) is 14.3 Å². The van der Waals surface area contributed by atoms with Gasteiger partial charge in [0.2, 0.25) is 0 Å². The number of esters is 2. The molecular formula is C18H12BrClO4. The highest BCUT2D eigenvalue weighted by Crippen LogP contribution is 2.25. The molecule has 0 aliphatic carbocycles. The van der Waals surface area contributed by atoms with Gasteiger partial charge in [-0.15, -0.1) is 0 Å². The molecule has 0 aromatic heterocycles. The van der Waals surface area contributed by atoms with Gasteiger partial charge in [-0.05, 0) is 48.0 Å². The Labute approximate surface area is 152 Å². The molecule has 122 valence electrons. The fraction of sp³-hybridized carbons (Fsp3) is 0.111. The molecule has 0 spiro atoms. The van der Waals surface area contributed by atoms with Crippen molar-refractivity contribution in [3.63, 3.8) is 0 Å². The van der Waals surface area contributed by atoms with Crippen LogP contribution in [0.25, 0.3) is 5.57 Å². The van der Waals surface area contributed by atoms with Crippen molar-refractivity contribution < 1.29 is 19.1 Å². The molecule has 0 unspecified atom stereocenters. The third-order valence-electron chi connectivity index (χ3n) is 3.44. The lowest BCUT2D eigenvalue weighted by atomic mass is 10.1. The summed E-state index contributed by atoms with van der Waals surface area (Å²) in [5, 5.41) is 0.540. The maximum Gasteiger partial charge on any atom is 0.339 e. The van der Waals surface area contributed by atoms with Gasteiger partial charge in [0, 0.05) is 9.50 Å². The van der Waals surface area contributed by atoms with E-state index in [-0.39, 0.29) is 6.61 Å². The van der Waals surface area contributed by atoms with Gasteiger partial charge in [0.25, 0.3) is 0 Å². The molecule has 1 atom stereocenters. The molecule has 0 bridgehead atoms. The summed E-state index contributed by atoms with van der Waals surface area (Å²) in [7, 11) is 0. The second kappa shape index (κ2) is 7.20. The monoisotopic (exact) mass is 406 g/mol. The molecule has 0 fully saturated rings. The zero-order valence-corrected chi connectivity index (χ0v) is 14.7. The van der Waals surface area contributed by atoms with Crippen LogP contribution in [0, 0.1) is 0 Å². The van der Waals surface area contributed by atoms with Gasteiger partial charge < -0.3 is 9.47 Å². The van der Waals surface area contributed by atoms with E-state index in [4.69, 9.17) is 21.1 Å². The Bertz CT molecular complexity index is 797. The topological polar surface area (TPSA) is 52.6 Å². The maximum absolute atomic E-state index is 12.0. The summed E-state index contributed by atoms with van der Waals surface area (Å²) in [5.41, 5.74) is 1.62. The summed E-state index contributed by atoms with van der Waals surface area (Å²) in [6, 6.07) is 13.7. The first-order chi connectivity index (χ1) is 11.5. The van der Waals surface area contributed by atoms with E-state index >= 15 is 0 Å². The molecule has 0 saturated carbocycles. The first-order valence-electron chi connectivity index (χ1n) is 7.14.